The van der Waals surface area contributed by atoms with Crippen LogP contribution < -0.4 is 5.23 Å². The van der Waals surface area contributed by atoms with Crippen LogP contribution in [0.4, 0.5) is 0 Å². The van der Waals surface area contributed by atoms with E-state index in [4.69, 9.17) is 5.21 Å². The highest BCUT2D eigenvalue weighted by Crippen LogP contribution is 2.20. The predicted octanol–water partition coefficient (Wildman–Crippen LogP) is 1.82. The first-order chi connectivity index (χ1) is 9.66. The normalized spacial score (nSPS) is 13.7. The Kier molecular flexibility index (Phi) is 5.01. The van der Waals surface area contributed by atoms with Crippen molar-refractivity contribution in [1.29, 1.82) is 0 Å². The second-order valence-electron chi connectivity index (χ2n) is 4.70. The average molecular weight is 271 g/mol. The van der Waals surface area contributed by atoms with Gasteiger partial charge in [0.1, 0.15) is 6.54 Å². The Morgan fingerprint density at radius 2 is 1.60 bits per heavy atom. The van der Waals surface area contributed by atoms with Gasteiger partial charge in [-0.3, -0.25) is 4.79 Å². The average Bonchev–Trinajstić information content (AvgIpc) is 2.48. The van der Waals surface area contributed by atoms with E-state index >= 15 is 0 Å². The summed E-state index contributed by atoms with van der Waals surface area (Å²) in [6.45, 7) is -0.0391. The standard InChI is InChI=1S/C16H17NO3/c18-16(14-9-5-2-6-10-14)11-15(12-17(19)20)13-7-3-1-4-8-13/h1-10,15,17,19H,11-12H2/t15-/m1/s1. The highest BCUT2D eigenvalue weighted by molar-refractivity contribution is 5.96. The predicted molar refractivity (Wildman–Crippen MR) is 75.6 cm³/mol. The third kappa shape index (κ3) is 3.99. The lowest BCUT2D eigenvalue weighted by molar-refractivity contribution is -1.05. The molecule has 2 rings (SSSR count). The number of quaternary nitrogens is 1. The third-order valence-electron chi connectivity index (χ3n) is 3.22. The van der Waals surface area contributed by atoms with Crippen molar-refractivity contribution in [3.63, 3.8) is 0 Å². The fourth-order valence-electron chi connectivity index (χ4n) is 2.21. The molecule has 0 fully saturated rings. The molecule has 0 aromatic heterocycles. The first-order valence-electron chi connectivity index (χ1n) is 6.52. The molecule has 0 saturated heterocycles. The van der Waals surface area contributed by atoms with Crippen LogP contribution in [0.2, 0.25) is 0 Å². The Morgan fingerprint density at radius 1 is 1.05 bits per heavy atom. The van der Waals surface area contributed by atoms with Crippen LogP contribution in [0.15, 0.2) is 60.7 Å². The molecule has 0 amide bonds. The molecule has 1 unspecified atom stereocenters. The van der Waals surface area contributed by atoms with Crippen LogP contribution in [0.5, 0.6) is 0 Å². The van der Waals surface area contributed by atoms with E-state index in [2.05, 4.69) is 0 Å². The number of carbonyl (C=O) groups excluding carboxylic acids is 1. The lowest BCUT2D eigenvalue weighted by Gasteiger charge is -2.20. The van der Waals surface area contributed by atoms with Crippen molar-refractivity contribution in [2.24, 2.45) is 0 Å². The zero-order chi connectivity index (χ0) is 14.4. The summed E-state index contributed by atoms with van der Waals surface area (Å²) in [7, 11) is 0. The van der Waals surface area contributed by atoms with E-state index in [1.807, 2.05) is 48.5 Å². The highest BCUT2D eigenvalue weighted by atomic mass is 16.8. The molecular weight excluding hydrogens is 254 g/mol. The molecule has 2 atom stereocenters. The molecule has 2 aromatic carbocycles. The zero-order valence-corrected chi connectivity index (χ0v) is 11.0. The number of hydrogen-bond acceptors (Lipinski definition) is 3. The van der Waals surface area contributed by atoms with Crippen LogP contribution in [-0.2, 0) is 0 Å². The van der Waals surface area contributed by atoms with E-state index < -0.39 is 5.23 Å². The quantitative estimate of drug-likeness (QED) is 0.622. The number of Topliss-reactive ketones (excluding diaryl/α,β-unsaturated/α-hetero) is 1. The van der Waals surface area contributed by atoms with Gasteiger partial charge >= 0.3 is 0 Å². The van der Waals surface area contributed by atoms with E-state index in [9.17, 15) is 10.0 Å². The van der Waals surface area contributed by atoms with Gasteiger partial charge in [0.15, 0.2) is 5.78 Å². The van der Waals surface area contributed by atoms with Crippen molar-refractivity contribution in [3.05, 3.63) is 77.0 Å². The molecule has 0 bridgehead atoms. The van der Waals surface area contributed by atoms with Crippen molar-refractivity contribution < 1.29 is 15.2 Å². The van der Waals surface area contributed by atoms with Gasteiger partial charge in [-0.05, 0) is 5.56 Å². The summed E-state index contributed by atoms with van der Waals surface area (Å²) in [6.07, 6.45) is 0.209. The highest BCUT2D eigenvalue weighted by Gasteiger charge is 2.19. The number of hydroxylamine groups is 2. The SMILES string of the molecule is O=C(C[C@H](C[NH+]([O-])O)c1ccccc1)c1ccccc1. The Bertz CT molecular complexity index is 540. The summed E-state index contributed by atoms with van der Waals surface area (Å²) in [5, 5.41) is 19.1. The summed E-state index contributed by atoms with van der Waals surface area (Å²) in [4.78, 5) is 12.2. The third-order valence-corrected chi connectivity index (χ3v) is 3.22. The van der Waals surface area contributed by atoms with Crippen molar-refractivity contribution in [2.45, 2.75) is 12.3 Å². The number of hydrogen-bond donors (Lipinski definition) is 2. The molecule has 4 heteroatoms. The molecule has 0 aliphatic heterocycles. The van der Waals surface area contributed by atoms with Crippen LogP contribution in [0.1, 0.15) is 28.3 Å². The van der Waals surface area contributed by atoms with Gasteiger partial charge in [-0.2, -0.15) is 0 Å². The van der Waals surface area contributed by atoms with Crippen molar-refractivity contribution in [1.82, 2.24) is 0 Å². The molecule has 0 spiro atoms. The summed E-state index contributed by atoms with van der Waals surface area (Å²) < 4.78 is 0. The molecule has 0 saturated carbocycles. The Morgan fingerprint density at radius 3 is 2.15 bits per heavy atom. The van der Waals surface area contributed by atoms with Crippen LogP contribution in [0, 0.1) is 5.21 Å². The number of benzene rings is 2. The van der Waals surface area contributed by atoms with Crippen LogP contribution >= 0.6 is 0 Å². The van der Waals surface area contributed by atoms with E-state index in [0.29, 0.717) is 5.56 Å². The molecule has 20 heavy (non-hydrogen) atoms. The topological polar surface area (TPSA) is 64.8 Å². The minimum absolute atomic E-state index is 0.0271. The Balaban J connectivity index is 2.14. The second kappa shape index (κ2) is 6.96. The molecule has 104 valence electrons. The van der Waals surface area contributed by atoms with Crippen LogP contribution in [-0.4, -0.2) is 17.5 Å². The maximum atomic E-state index is 12.2. The van der Waals surface area contributed by atoms with Gasteiger partial charge in [0, 0.05) is 17.9 Å². The second-order valence-corrected chi connectivity index (χ2v) is 4.70. The molecule has 2 N–H and O–H groups in total. The number of carbonyl (C=O) groups is 1. The molecule has 0 radical (unpaired) electrons. The van der Waals surface area contributed by atoms with Crippen molar-refractivity contribution in [2.75, 3.05) is 6.54 Å². The maximum Gasteiger partial charge on any atom is 0.163 e. The lowest BCUT2D eigenvalue weighted by Crippen LogP contribution is -3.05. The number of ketones is 1. The molecule has 0 aliphatic rings. The molecule has 2 aromatic rings. The summed E-state index contributed by atoms with van der Waals surface area (Å²) in [5.41, 5.74) is 1.51. The molecule has 4 nitrogen and oxygen atoms in total. The first kappa shape index (κ1) is 14.4. The Labute approximate surface area is 117 Å². The number of rotatable bonds is 6. The van der Waals surface area contributed by atoms with Gasteiger partial charge in [-0.1, -0.05) is 60.7 Å². The lowest BCUT2D eigenvalue weighted by atomic mass is 9.91. The van der Waals surface area contributed by atoms with E-state index in [1.54, 1.807) is 12.1 Å². The van der Waals surface area contributed by atoms with Crippen LogP contribution in [0.25, 0.3) is 0 Å². The summed E-state index contributed by atoms with van der Waals surface area (Å²) in [5.74, 6) is -0.317. The fourth-order valence-corrected chi connectivity index (χ4v) is 2.21. The van der Waals surface area contributed by atoms with E-state index in [1.165, 1.54) is 0 Å². The number of nitrogens with one attached hydrogen (secondary N) is 1. The minimum atomic E-state index is -0.889. The largest absolute Gasteiger partial charge is 0.600 e. The fraction of sp³-hybridized carbons (Fsp3) is 0.188. The minimum Gasteiger partial charge on any atom is -0.600 e. The van der Waals surface area contributed by atoms with Crippen molar-refractivity contribution >= 4 is 5.78 Å². The van der Waals surface area contributed by atoms with Gasteiger partial charge in [0.25, 0.3) is 0 Å². The zero-order valence-electron chi connectivity index (χ0n) is 11.0. The van der Waals surface area contributed by atoms with Gasteiger partial charge < -0.3 is 5.21 Å². The molecule has 0 heterocycles. The summed E-state index contributed by atoms with van der Waals surface area (Å²) >= 11 is 0. The van der Waals surface area contributed by atoms with E-state index in [-0.39, 0.29) is 24.7 Å². The van der Waals surface area contributed by atoms with Gasteiger partial charge in [-0.15, -0.1) is 0 Å². The first-order valence-corrected chi connectivity index (χ1v) is 6.52. The maximum absolute atomic E-state index is 12.2. The van der Waals surface area contributed by atoms with Crippen molar-refractivity contribution in [3.8, 4) is 0 Å². The smallest absolute Gasteiger partial charge is 0.163 e. The van der Waals surface area contributed by atoms with Gasteiger partial charge in [-0.25, -0.2) is 10.4 Å². The summed E-state index contributed by atoms with van der Waals surface area (Å²) in [6, 6.07) is 18.3. The van der Waals surface area contributed by atoms with Gasteiger partial charge in [0.05, 0.1) is 0 Å². The Hall–Kier alpha value is -2.01. The monoisotopic (exact) mass is 271 g/mol. The molecule has 0 aliphatic carbocycles. The van der Waals surface area contributed by atoms with Crippen LogP contribution in [0.3, 0.4) is 0 Å². The molecular formula is C16H17NO3. The van der Waals surface area contributed by atoms with E-state index in [0.717, 1.165) is 5.56 Å². The van der Waals surface area contributed by atoms with Gasteiger partial charge in [0.2, 0.25) is 0 Å².